The van der Waals surface area contributed by atoms with Crippen LogP contribution in [-0.4, -0.2) is 30.8 Å². The Morgan fingerprint density at radius 3 is 2.55 bits per heavy atom. The fourth-order valence-corrected chi connectivity index (χ4v) is 3.35. The van der Waals surface area contributed by atoms with Crippen LogP contribution in [0, 0.1) is 0 Å². The van der Waals surface area contributed by atoms with Gasteiger partial charge < -0.3 is 5.11 Å². The zero-order chi connectivity index (χ0) is 22.4. The first-order chi connectivity index (χ1) is 14.9. The van der Waals surface area contributed by atoms with Crippen molar-refractivity contribution in [3.05, 3.63) is 65.5 Å². The Morgan fingerprint density at radius 1 is 1.13 bits per heavy atom. The molecule has 0 fully saturated rings. The molecule has 0 saturated heterocycles. The summed E-state index contributed by atoms with van der Waals surface area (Å²) < 4.78 is 30.2. The smallest absolute Gasteiger partial charge is 0.336 e. The summed E-state index contributed by atoms with van der Waals surface area (Å²) in [6.07, 6.45) is 3.95. The quantitative estimate of drug-likeness (QED) is 0.473. The number of carboxylic acids is 1. The molecule has 2 aromatic heterocycles. The number of alkyl halides is 2. The molecule has 1 aromatic carbocycles. The Kier molecular flexibility index (Phi) is 7.09. The molecule has 0 aliphatic rings. The number of aromatic carboxylic acids is 1. The molecule has 0 radical (unpaired) electrons. The SMILES string of the molecule is CCCCc1nc(C(F)(F)CCC)nn1Cc1ccc(-c2ccccc2C(=O)O)cn1. The molecule has 0 bridgehead atoms. The van der Waals surface area contributed by atoms with E-state index in [0.29, 0.717) is 35.5 Å². The molecule has 164 valence electrons. The van der Waals surface area contributed by atoms with Crippen molar-refractivity contribution in [1.29, 1.82) is 0 Å². The molecular weight excluding hydrogens is 402 g/mol. The molecule has 8 heteroatoms. The first-order valence-corrected chi connectivity index (χ1v) is 10.4. The van der Waals surface area contributed by atoms with Crippen LogP contribution in [0.15, 0.2) is 42.6 Å². The molecule has 3 rings (SSSR count). The lowest BCUT2D eigenvalue weighted by Crippen LogP contribution is -2.16. The minimum absolute atomic E-state index is 0.193. The highest BCUT2D eigenvalue weighted by molar-refractivity contribution is 5.95. The molecule has 0 atom stereocenters. The second-order valence-corrected chi connectivity index (χ2v) is 7.46. The molecule has 0 saturated carbocycles. The molecule has 6 nitrogen and oxygen atoms in total. The molecule has 1 N–H and O–H groups in total. The fourth-order valence-electron chi connectivity index (χ4n) is 3.35. The van der Waals surface area contributed by atoms with E-state index in [2.05, 4.69) is 15.1 Å². The molecule has 0 aliphatic carbocycles. The second kappa shape index (κ2) is 9.76. The predicted molar refractivity (Wildman–Crippen MR) is 113 cm³/mol. The van der Waals surface area contributed by atoms with Crippen molar-refractivity contribution >= 4 is 5.97 Å². The lowest BCUT2D eigenvalue weighted by Gasteiger charge is -2.10. The van der Waals surface area contributed by atoms with Crippen LogP contribution in [-0.2, 0) is 18.9 Å². The number of halogens is 2. The Balaban J connectivity index is 1.87. The first kappa shape index (κ1) is 22.5. The van der Waals surface area contributed by atoms with Crippen LogP contribution in [0.5, 0.6) is 0 Å². The summed E-state index contributed by atoms with van der Waals surface area (Å²) >= 11 is 0. The molecule has 0 amide bonds. The van der Waals surface area contributed by atoms with Crippen LogP contribution in [0.1, 0.15) is 67.2 Å². The fraction of sp³-hybridized carbons (Fsp3) is 0.391. The van der Waals surface area contributed by atoms with Gasteiger partial charge in [0.05, 0.1) is 17.8 Å². The van der Waals surface area contributed by atoms with Gasteiger partial charge >= 0.3 is 11.9 Å². The van der Waals surface area contributed by atoms with E-state index in [9.17, 15) is 18.7 Å². The van der Waals surface area contributed by atoms with Crippen LogP contribution >= 0.6 is 0 Å². The van der Waals surface area contributed by atoms with Crippen molar-refractivity contribution in [3.8, 4) is 11.1 Å². The number of nitrogens with zero attached hydrogens (tertiary/aromatic N) is 4. The molecule has 31 heavy (non-hydrogen) atoms. The van der Waals surface area contributed by atoms with Crippen LogP contribution in [0.2, 0.25) is 0 Å². The molecule has 0 aliphatic heterocycles. The van der Waals surface area contributed by atoms with Crippen molar-refractivity contribution < 1.29 is 18.7 Å². The standard InChI is InChI=1S/C23H26F2N4O2/c1-3-5-10-20-27-22(23(24,25)13-4-2)28-29(20)15-17-12-11-16(14-26-17)18-8-6-7-9-19(18)21(30)31/h6-9,11-12,14H,3-5,10,13,15H2,1-2H3,(H,30,31). The Bertz CT molecular complexity index is 1030. The number of carboxylic acid groups (broad SMARTS) is 1. The lowest BCUT2D eigenvalue weighted by atomic mass is 10.0. The van der Waals surface area contributed by atoms with Gasteiger partial charge in [0.15, 0.2) is 0 Å². The molecule has 0 unspecified atom stereocenters. The van der Waals surface area contributed by atoms with Gasteiger partial charge in [-0.05, 0) is 30.5 Å². The third-order valence-corrected chi connectivity index (χ3v) is 5.00. The summed E-state index contributed by atoms with van der Waals surface area (Å²) in [4.78, 5) is 20.0. The summed E-state index contributed by atoms with van der Waals surface area (Å²) in [5.74, 6) is -3.98. The minimum atomic E-state index is -3.06. The maximum Gasteiger partial charge on any atom is 0.336 e. The van der Waals surface area contributed by atoms with Gasteiger partial charge in [-0.15, -0.1) is 5.10 Å². The number of pyridine rings is 1. The summed E-state index contributed by atoms with van der Waals surface area (Å²) in [7, 11) is 0. The topological polar surface area (TPSA) is 80.9 Å². The number of unbranched alkanes of at least 4 members (excludes halogenated alkanes) is 1. The average Bonchev–Trinajstić information content (AvgIpc) is 3.16. The summed E-state index contributed by atoms with van der Waals surface area (Å²) in [5.41, 5.74) is 2.06. The van der Waals surface area contributed by atoms with Crippen molar-refractivity contribution in [1.82, 2.24) is 19.7 Å². The predicted octanol–water partition coefficient (Wildman–Crippen LogP) is 5.32. The van der Waals surface area contributed by atoms with E-state index in [0.717, 1.165) is 12.8 Å². The van der Waals surface area contributed by atoms with E-state index in [1.165, 1.54) is 4.68 Å². The maximum atomic E-state index is 14.4. The van der Waals surface area contributed by atoms with Gasteiger partial charge in [0.25, 0.3) is 0 Å². The van der Waals surface area contributed by atoms with E-state index in [1.54, 1.807) is 49.5 Å². The highest BCUT2D eigenvalue weighted by Crippen LogP contribution is 2.31. The van der Waals surface area contributed by atoms with E-state index < -0.39 is 17.7 Å². The Hall–Kier alpha value is -3.16. The Morgan fingerprint density at radius 2 is 1.90 bits per heavy atom. The number of carbonyl (C=O) groups is 1. The second-order valence-electron chi connectivity index (χ2n) is 7.46. The minimum Gasteiger partial charge on any atom is -0.478 e. The summed E-state index contributed by atoms with van der Waals surface area (Å²) in [5, 5.41) is 13.5. The number of rotatable bonds is 10. The zero-order valence-electron chi connectivity index (χ0n) is 17.7. The monoisotopic (exact) mass is 428 g/mol. The van der Waals surface area contributed by atoms with Gasteiger partial charge in [-0.2, -0.15) is 8.78 Å². The van der Waals surface area contributed by atoms with Gasteiger partial charge in [0.2, 0.25) is 5.82 Å². The lowest BCUT2D eigenvalue weighted by molar-refractivity contribution is -0.0232. The van der Waals surface area contributed by atoms with Crippen LogP contribution in [0.3, 0.4) is 0 Å². The van der Waals surface area contributed by atoms with Crippen LogP contribution in [0.25, 0.3) is 11.1 Å². The van der Waals surface area contributed by atoms with E-state index >= 15 is 0 Å². The van der Waals surface area contributed by atoms with Gasteiger partial charge in [-0.3, -0.25) is 4.98 Å². The van der Waals surface area contributed by atoms with Crippen LogP contribution in [0.4, 0.5) is 8.78 Å². The number of aryl methyl sites for hydroxylation is 1. The number of hydrogen-bond donors (Lipinski definition) is 1. The highest BCUT2D eigenvalue weighted by Gasteiger charge is 2.36. The van der Waals surface area contributed by atoms with E-state index in [4.69, 9.17) is 0 Å². The van der Waals surface area contributed by atoms with E-state index in [-0.39, 0.29) is 18.5 Å². The van der Waals surface area contributed by atoms with Crippen molar-refractivity contribution in [2.24, 2.45) is 0 Å². The first-order valence-electron chi connectivity index (χ1n) is 10.4. The Labute approximate surface area is 180 Å². The molecule has 0 spiro atoms. The maximum absolute atomic E-state index is 14.4. The normalized spacial score (nSPS) is 11.6. The molecule has 2 heterocycles. The number of benzene rings is 1. The summed E-state index contributed by atoms with van der Waals surface area (Å²) in [6.45, 7) is 3.95. The van der Waals surface area contributed by atoms with Crippen LogP contribution < -0.4 is 0 Å². The third-order valence-electron chi connectivity index (χ3n) is 5.00. The van der Waals surface area contributed by atoms with Gasteiger partial charge in [-0.25, -0.2) is 14.5 Å². The van der Waals surface area contributed by atoms with Gasteiger partial charge in [-0.1, -0.05) is 44.5 Å². The number of hydrogen-bond acceptors (Lipinski definition) is 4. The molecular formula is C23H26F2N4O2. The van der Waals surface area contributed by atoms with E-state index in [1.807, 2.05) is 6.92 Å². The summed E-state index contributed by atoms with van der Waals surface area (Å²) in [6, 6.07) is 10.2. The van der Waals surface area contributed by atoms with Gasteiger partial charge in [0, 0.05) is 24.6 Å². The van der Waals surface area contributed by atoms with Crippen molar-refractivity contribution in [2.45, 2.75) is 58.4 Å². The largest absolute Gasteiger partial charge is 0.478 e. The highest BCUT2D eigenvalue weighted by atomic mass is 19.3. The third kappa shape index (κ3) is 5.31. The van der Waals surface area contributed by atoms with Crippen molar-refractivity contribution in [3.63, 3.8) is 0 Å². The molecule has 3 aromatic rings. The number of aromatic nitrogens is 4. The zero-order valence-corrected chi connectivity index (χ0v) is 17.7. The average molecular weight is 428 g/mol. The van der Waals surface area contributed by atoms with Crippen molar-refractivity contribution in [2.75, 3.05) is 0 Å². The van der Waals surface area contributed by atoms with Gasteiger partial charge in [0.1, 0.15) is 5.82 Å².